The van der Waals surface area contributed by atoms with Gasteiger partial charge in [0.05, 0.1) is 0 Å². The van der Waals surface area contributed by atoms with Gasteiger partial charge in [0.15, 0.2) is 0 Å². The van der Waals surface area contributed by atoms with Crippen LogP contribution in [0.2, 0.25) is 0 Å². The van der Waals surface area contributed by atoms with Crippen LogP contribution in [-0.2, 0) is 6.18 Å². The number of amides is 1. The van der Waals surface area contributed by atoms with Gasteiger partial charge in [-0.2, -0.15) is 13.2 Å². The lowest BCUT2D eigenvalue weighted by molar-refractivity contribution is -0.138. The number of para-hydroxylation sites is 1. The Bertz CT molecular complexity index is 627. The zero-order valence-electron chi connectivity index (χ0n) is 10.0. The maximum atomic E-state index is 12.8. The third-order valence-electron chi connectivity index (χ3n) is 2.38. The average Bonchev–Trinajstić information content (AvgIpc) is 2.38. The summed E-state index contributed by atoms with van der Waals surface area (Å²) >= 11 is 0. The van der Waals surface area contributed by atoms with Crippen molar-refractivity contribution in [3.63, 3.8) is 0 Å². The van der Waals surface area contributed by atoms with Crippen molar-refractivity contribution in [1.29, 1.82) is 0 Å². The van der Waals surface area contributed by atoms with E-state index in [0.717, 1.165) is 6.07 Å². The van der Waals surface area contributed by atoms with Crippen LogP contribution in [0.1, 0.15) is 16.1 Å². The summed E-state index contributed by atoms with van der Waals surface area (Å²) in [4.78, 5) is 14.5. The lowest BCUT2D eigenvalue weighted by Gasteiger charge is -2.13. The van der Waals surface area contributed by atoms with Crippen molar-refractivity contribution < 1.29 is 22.7 Å². The highest BCUT2D eigenvalue weighted by atomic mass is 19.4. The number of halogens is 3. The third-order valence-corrected chi connectivity index (χ3v) is 2.38. The van der Waals surface area contributed by atoms with Gasteiger partial charge in [-0.25, -0.2) is 4.98 Å². The summed E-state index contributed by atoms with van der Waals surface area (Å²) in [6.45, 7) is 0. The number of alkyl halides is 3. The fourth-order valence-corrected chi connectivity index (χ4v) is 1.47. The molecule has 0 aliphatic rings. The van der Waals surface area contributed by atoms with Crippen molar-refractivity contribution in [2.24, 2.45) is 5.73 Å². The standard InChI is InChI=1S/C13H9F3N2O2/c14-13(15,16)9-6-7-10(11(17)19)18-12(9)20-8-4-2-1-3-5-8/h1-7H,(H2,17,19). The molecule has 0 saturated carbocycles. The highest BCUT2D eigenvalue weighted by Crippen LogP contribution is 2.36. The molecule has 7 heteroatoms. The third kappa shape index (κ3) is 3.05. The van der Waals surface area contributed by atoms with Gasteiger partial charge in [0.1, 0.15) is 17.0 Å². The molecule has 0 unspecified atom stereocenters. The molecule has 2 aromatic rings. The minimum absolute atomic E-state index is 0.173. The number of ether oxygens (including phenoxy) is 1. The van der Waals surface area contributed by atoms with Crippen LogP contribution in [0.3, 0.4) is 0 Å². The van der Waals surface area contributed by atoms with E-state index >= 15 is 0 Å². The molecular weight excluding hydrogens is 273 g/mol. The van der Waals surface area contributed by atoms with Crippen molar-refractivity contribution in [2.45, 2.75) is 6.18 Å². The first-order valence-electron chi connectivity index (χ1n) is 5.49. The number of rotatable bonds is 3. The number of nitrogens with two attached hydrogens (primary N) is 1. The smallest absolute Gasteiger partial charge is 0.421 e. The van der Waals surface area contributed by atoms with Gasteiger partial charge in [0.25, 0.3) is 5.91 Å². The second-order valence-corrected chi connectivity index (χ2v) is 3.83. The van der Waals surface area contributed by atoms with E-state index in [-0.39, 0.29) is 11.4 Å². The van der Waals surface area contributed by atoms with Crippen molar-refractivity contribution in [2.75, 3.05) is 0 Å². The summed E-state index contributed by atoms with van der Waals surface area (Å²) in [5, 5.41) is 0. The number of benzene rings is 1. The topological polar surface area (TPSA) is 65.2 Å². The lowest BCUT2D eigenvalue weighted by atomic mass is 10.2. The highest BCUT2D eigenvalue weighted by molar-refractivity contribution is 5.90. The van der Waals surface area contributed by atoms with E-state index in [2.05, 4.69) is 4.98 Å². The van der Waals surface area contributed by atoms with Gasteiger partial charge in [-0.3, -0.25) is 4.79 Å². The van der Waals surface area contributed by atoms with Crippen LogP contribution in [0.5, 0.6) is 11.6 Å². The molecule has 0 atom stereocenters. The molecule has 20 heavy (non-hydrogen) atoms. The molecule has 0 bridgehead atoms. The number of carbonyl (C=O) groups is 1. The van der Waals surface area contributed by atoms with Crippen LogP contribution >= 0.6 is 0 Å². The maximum Gasteiger partial charge on any atom is 0.421 e. The Labute approximate surface area is 112 Å². The molecule has 1 aromatic carbocycles. The fourth-order valence-electron chi connectivity index (χ4n) is 1.47. The largest absolute Gasteiger partial charge is 0.438 e. The maximum absolute atomic E-state index is 12.8. The molecule has 0 spiro atoms. The predicted octanol–water partition coefficient (Wildman–Crippen LogP) is 2.99. The van der Waals surface area contributed by atoms with E-state index in [1.54, 1.807) is 18.2 Å². The van der Waals surface area contributed by atoms with E-state index < -0.39 is 23.5 Å². The molecule has 4 nitrogen and oxygen atoms in total. The van der Waals surface area contributed by atoms with E-state index in [9.17, 15) is 18.0 Å². The Morgan fingerprint density at radius 3 is 2.30 bits per heavy atom. The molecule has 104 valence electrons. The molecule has 0 aliphatic heterocycles. The van der Waals surface area contributed by atoms with Gasteiger partial charge >= 0.3 is 6.18 Å². The van der Waals surface area contributed by atoms with Gasteiger partial charge < -0.3 is 10.5 Å². The van der Waals surface area contributed by atoms with Gasteiger partial charge in [-0.1, -0.05) is 18.2 Å². The van der Waals surface area contributed by atoms with E-state index in [1.165, 1.54) is 12.1 Å². The summed E-state index contributed by atoms with van der Waals surface area (Å²) < 4.78 is 43.6. The zero-order chi connectivity index (χ0) is 14.8. The Hall–Kier alpha value is -2.57. The Balaban J connectivity index is 2.47. The molecule has 1 amide bonds. The number of hydrogen-bond acceptors (Lipinski definition) is 3. The van der Waals surface area contributed by atoms with Crippen molar-refractivity contribution >= 4 is 5.91 Å². The van der Waals surface area contributed by atoms with Crippen LogP contribution in [0.4, 0.5) is 13.2 Å². The zero-order valence-corrected chi connectivity index (χ0v) is 10.0. The highest BCUT2D eigenvalue weighted by Gasteiger charge is 2.36. The quantitative estimate of drug-likeness (QED) is 0.941. The van der Waals surface area contributed by atoms with Gasteiger partial charge in [-0.15, -0.1) is 0 Å². The summed E-state index contributed by atoms with van der Waals surface area (Å²) in [6.07, 6.45) is -4.65. The van der Waals surface area contributed by atoms with Crippen molar-refractivity contribution in [1.82, 2.24) is 4.98 Å². The molecule has 0 saturated heterocycles. The molecule has 0 aliphatic carbocycles. The Morgan fingerprint density at radius 1 is 1.10 bits per heavy atom. The number of pyridine rings is 1. The monoisotopic (exact) mass is 282 g/mol. The van der Waals surface area contributed by atoms with Crippen LogP contribution < -0.4 is 10.5 Å². The van der Waals surface area contributed by atoms with E-state index in [0.29, 0.717) is 6.07 Å². The second kappa shape index (κ2) is 5.20. The summed E-state index contributed by atoms with van der Waals surface area (Å²) in [5.41, 5.74) is 3.62. The van der Waals surface area contributed by atoms with Gasteiger partial charge in [0.2, 0.25) is 5.88 Å². The second-order valence-electron chi connectivity index (χ2n) is 3.83. The van der Waals surface area contributed by atoms with Crippen LogP contribution in [-0.4, -0.2) is 10.9 Å². The molecule has 1 heterocycles. The van der Waals surface area contributed by atoms with Crippen molar-refractivity contribution in [3.8, 4) is 11.6 Å². The Kier molecular flexibility index (Phi) is 3.60. The first-order chi connectivity index (χ1) is 9.38. The van der Waals surface area contributed by atoms with Crippen molar-refractivity contribution in [3.05, 3.63) is 53.7 Å². The molecule has 1 aromatic heterocycles. The number of carbonyl (C=O) groups excluding carboxylic acids is 1. The molecule has 0 radical (unpaired) electrons. The van der Waals surface area contributed by atoms with E-state index in [4.69, 9.17) is 10.5 Å². The number of aromatic nitrogens is 1. The minimum Gasteiger partial charge on any atom is -0.438 e. The number of hydrogen-bond donors (Lipinski definition) is 1. The molecule has 0 fully saturated rings. The summed E-state index contributed by atoms with van der Waals surface area (Å²) in [6, 6.07) is 9.44. The first kappa shape index (κ1) is 13.9. The van der Waals surface area contributed by atoms with Crippen LogP contribution in [0, 0.1) is 0 Å². The molecule has 2 N–H and O–H groups in total. The number of primary amides is 1. The van der Waals surface area contributed by atoms with Crippen LogP contribution in [0.15, 0.2) is 42.5 Å². The minimum atomic E-state index is -4.65. The van der Waals surface area contributed by atoms with Gasteiger partial charge in [-0.05, 0) is 24.3 Å². The first-order valence-corrected chi connectivity index (χ1v) is 5.49. The molecule has 2 rings (SSSR count). The normalized spacial score (nSPS) is 11.2. The SMILES string of the molecule is NC(=O)c1ccc(C(F)(F)F)c(Oc2ccccc2)n1. The summed E-state index contributed by atoms with van der Waals surface area (Å²) in [5.74, 6) is -1.47. The fraction of sp³-hybridized carbons (Fsp3) is 0.0769. The Morgan fingerprint density at radius 2 is 1.75 bits per heavy atom. The summed E-state index contributed by atoms with van der Waals surface area (Å²) in [7, 11) is 0. The predicted molar refractivity (Wildman–Crippen MR) is 64.3 cm³/mol. The number of nitrogens with zero attached hydrogens (tertiary/aromatic N) is 1. The van der Waals surface area contributed by atoms with E-state index in [1.807, 2.05) is 0 Å². The molecular formula is C13H9F3N2O2. The lowest BCUT2D eigenvalue weighted by Crippen LogP contribution is -2.16. The average molecular weight is 282 g/mol. The van der Waals surface area contributed by atoms with Gasteiger partial charge in [0, 0.05) is 0 Å². The van der Waals surface area contributed by atoms with Crippen LogP contribution in [0.25, 0.3) is 0 Å².